The third-order valence-electron chi connectivity index (χ3n) is 2.54. The van der Waals surface area contributed by atoms with E-state index >= 15 is 0 Å². The molecule has 6 nitrogen and oxygen atoms in total. The first kappa shape index (κ1) is 15.7. The Morgan fingerprint density at radius 2 is 2.00 bits per heavy atom. The molecular formula is C13H23N3O3. The Morgan fingerprint density at radius 1 is 1.16 bits per heavy atom. The predicted molar refractivity (Wildman–Crippen MR) is 73.2 cm³/mol. The first-order chi connectivity index (χ1) is 9.29. The largest absolute Gasteiger partial charge is 0.477 e. The second-order valence-corrected chi connectivity index (χ2v) is 4.10. The van der Waals surface area contributed by atoms with Gasteiger partial charge in [0.15, 0.2) is 0 Å². The summed E-state index contributed by atoms with van der Waals surface area (Å²) in [7, 11) is 1.65. The number of nitrogens with two attached hydrogens (primary N) is 1. The third kappa shape index (κ3) is 5.85. The molecule has 0 saturated carbocycles. The topological polar surface area (TPSA) is 79.5 Å². The summed E-state index contributed by atoms with van der Waals surface area (Å²) >= 11 is 0. The smallest absolute Gasteiger partial charge is 0.221 e. The van der Waals surface area contributed by atoms with Crippen LogP contribution in [-0.2, 0) is 15.9 Å². The summed E-state index contributed by atoms with van der Waals surface area (Å²) in [6, 6.07) is 0. The van der Waals surface area contributed by atoms with Crippen LogP contribution in [0.1, 0.15) is 25.3 Å². The normalized spacial score (nSPS) is 10.6. The number of anilines is 1. The fourth-order valence-corrected chi connectivity index (χ4v) is 1.59. The maximum absolute atomic E-state index is 5.82. The highest BCUT2D eigenvalue weighted by Gasteiger charge is 2.09. The second-order valence-electron chi connectivity index (χ2n) is 4.10. The van der Waals surface area contributed by atoms with E-state index in [9.17, 15) is 0 Å². The van der Waals surface area contributed by atoms with Crippen molar-refractivity contribution in [2.24, 2.45) is 0 Å². The van der Waals surface area contributed by atoms with E-state index in [1.807, 2.05) is 0 Å². The molecule has 0 unspecified atom stereocenters. The highest BCUT2D eigenvalue weighted by molar-refractivity contribution is 5.44. The maximum Gasteiger partial charge on any atom is 0.221 e. The van der Waals surface area contributed by atoms with Crippen LogP contribution in [0.2, 0.25) is 0 Å². The molecule has 2 N–H and O–H groups in total. The SMILES string of the molecule is CCCc1c(N)ncnc1OCCCOCCOC. The maximum atomic E-state index is 5.82. The molecule has 0 radical (unpaired) electrons. The lowest BCUT2D eigenvalue weighted by molar-refractivity contribution is 0.0641. The number of nitrogens with zero attached hydrogens (tertiary/aromatic N) is 2. The Labute approximate surface area is 114 Å². The molecule has 1 rings (SSSR count). The van der Waals surface area contributed by atoms with Crippen molar-refractivity contribution < 1.29 is 14.2 Å². The molecule has 108 valence electrons. The minimum absolute atomic E-state index is 0.503. The van der Waals surface area contributed by atoms with Crippen LogP contribution in [0.15, 0.2) is 6.33 Å². The van der Waals surface area contributed by atoms with Crippen molar-refractivity contribution in [2.45, 2.75) is 26.2 Å². The van der Waals surface area contributed by atoms with Gasteiger partial charge in [0.1, 0.15) is 12.1 Å². The van der Waals surface area contributed by atoms with E-state index in [1.54, 1.807) is 7.11 Å². The fourth-order valence-electron chi connectivity index (χ4n) is 1.59. The van der Waals surface area contributed by atoms with E-state index in [0.717, 1.165) is 24.8 Å². The molecule has 0 aliphatic rings. The van der Waals surface area contributed by atoms with Crippen LogP contribution in [0.4, 0.5) is 5.82 Å². The molecule has 0 aromatic carbocycles. The predicted octanol–water partition coefficient (Wildman–Crippen LogP) is 1.44. The number of aromatic nitrogens is 2. The minimum Gasteiger partial charge on any atom is -0.477 e. The van der Waals surface area contributed by atoms with Gasteiger partial charge in [-0.3, -0.25) is 0 Å². The van der Waals surface area contributed by atoms with Gasteiger partial charge in [-0.1, -0.05) is 13.3 Å². The molecule has 1 aromatic heterocycles. The first-order valence-corrected chi connectivity index (χ1v) is 6.58. The molecule has 0 aliphatic carbocycles. The molecule has 1 aromatic rings. The summed E-state index contributed by atoms with van der Waals surface area (Å²) in [5.74, 6) is 1.09. The number of ether oxygens (including phenoxy) is 3. The number of methoxy groups -OCH3 is 1. The van der Waals surface area contributed by atoms with Gasteiger partial charge in [0, 0.05) is 20.1 Å². The van der Waals surface area contributed by atoms with Gasteiger partial charge in [0.05, 0.1) is 25.4 Å². The van der Waals surface area contributed by atoms with Crippen LogP contribution >= 0.6 is 0 Å². The van der Waals surface area contributed by atoms with Crippen molar-refractivity contribution in [3.63, 3.8) is 0 Å². The van der Waals surface area contributed by atoms with Crippen LogP contribution in [0.3, 0.4) is 0 Å². The summed E-state index contributed by atoms with van der Waals surface area (Å²) < 4.78 is 15.9. The summed E-state index contributed by atoms with van der Waals surface area (Å²) in [6.45, 7) is 4.51. The van der Waals surface area contributed by atoms with Crippen molar-refractivity contribution in [3.8, 4) is 5.88 Å². The van der Waals surface area contributed by atoms with Gasteiger partial charge < -0.3 is 19.9 Å². The van der Waals surface area contributed by atoms with Crippen LogP contribution in [0, 0.1) is 0 Å². The molecule has 0 spiro atoms. The van der Waals surface area contributed by atoms with E-state index in [4.69, 9.17) is 19.9 Å². The van der Waals surface area contributed by atoms with E-state index in [-0.39, 0.29) is 0 Å². The summed E-state index contributed by atoms with van der Waals surface area (Å²) in [6.07, 6.45) is 4.04. The Morgan fingerprint density at radius 3 is 2.74 bits per heavy atom. The van der Waals surface area contributed by atoms with Crippen molar-refractivity contribution >= 4 is 5.82 Å². The second kappa shape index (κ2) is 9.52. The molecule has 6 heteroatoms. The number of hydrogen-bond acceptors (Lipinski definition) is 6. The van der Waals surface area contributed by atoms with Gasteiger partial charge in [0.25, 0.3) is 0 Å². The van der Waals surface area contributed by atoms with Crippen molar-refractivity contribution in [1.82, 2.24) is 9.97 Å². The van der Waals surface area contributed by atoms with Crippen molar-refractivity contribution in [1.29, 1.82) is 0 Å². The lowest BCUT2D eigenvalue weighted by Gasteiger charge is -2.11. The number of rotatable bonds is 10. The molecule has 0 amide bonds. The molecule has 1 heterocycles. The van der Waals surface area contributed by atoms with E-state index < -0.39 is 0 Å². The summed E-state index contributed by atoms with van der Waals surface area (Å²) in [4.78, 5) is 8.12. The molecule has 19 heavy (non-hydrogen) atoms. The Bertz CT molecular complexity index is 361. The monoisotopic (exact) mass is 269 g/mol. The molecule has 0 bridgehead atoms. The third-order valence-corrected chi connectivity index (χ3v) is 2.54. The van der Waals surface area contributed by atoms with Gasteiger partial charge >= 0.3 is 0 Å². The van der Waals surface area contributed by atoms with E-state index in [2.05, 4.69) is 16.9 Å². The summed E-state index contributed by atoms with van der Waals surface area (Å²) in [5.41, 5.74) is 6.72. The van der Waals surface area contributed by atoms with Gasteiger partial charge in [0.2, 0.25) is 5.88 Å². The molecule has 0 atom stereocenters. The zero-order valence-electron chi connectivity index (χ0n) is 11.7. The molecule has 0 saturated heterocycles. The Balaban J connectivity index is 2.30. The number of hydrogen-bond donors (Lipinski definition) is 1. The first-order valence-electron chi connectivity index (χ1n) is 6.58. The van der Waals surface area contributed by atoms with E-state index in [1.165, 1.54) is 6.33 Å². The average molecular weight is 269 g/mol. The van der Waals surface area contributed by atoms with Crippen LogP contribution in [0.25, 0.3) is 0 Å². The zero-order valence-corrected chi connectivity index (χ0v) is 11.7. The average Bonchev–Trinajstić information content (AvgIpc) is 2.41. The van der Waals surface area contributed by atoms with Gasteiger partial charge in [-0.25, -0.2) is 9.97 Å². The quantitative estimate of drug-likeness (QED) is 0.647. The molecule has 0 aliphatic heterocycles. The lowest BCUT2D eigenvalue weighted by atomic mass is 10.2. The van der Waals surface area contributed by atoms with Gasteiger partial charge in [-0.05, 0) is 6.42 Å². The lowest BCUT2D eigenvalue weighted by Crippen LogP contribution is -2.09. The van der Waals surface area contributed by atoms with Crippen LogP contribution < -0.4 is 10.5 Å². The summed E-state index contributed by atoms with van der Waals surface area (Å²) in [5, 5.41) is 0. The molecule has 0 fully saturated rings. The van der Waals surface area contributed by atoms with Crippen LogP contribution in [0.5, 0.6) is 5.88 Å². The van der Waals surface area contributed by atoms with E-state index in [0.29, 0.717) is 38.1 Å². The minimum atomic E-state index is 0.503. The van der Waals surface area contributed by atoms with Crippen LogP contribution in [-0.4, -0.2) is 43.5 Å². The highest BCUT2D eigenvalue weighted by Crippen LogP contribution is 2.21. The fraction of sp³-hybridized carbons (Fsp3) is 0.692. The number of nitrogen functional groups attached to an aromatic ring is 1. The standard InChI is InChI=1S/C13H23N3O3/c1-3-5-11-12(14)15-10-16-13(11)19-7-4-6-18-9-8-17-2/h10H,3-9H2,1-2H3,(H2,14,15,16). The Kier molecular flexibility index (Phi) is 7.84. The molecular weight excluding hydrogens is 246 g/mol. The Hall–Kier alpha value is -1.40. The van der Waals surface area contributed by atoms with Gasteiger partial charge in [-0.15, -0.1) is 0 Å². The van der Waals surface area contributed by atoms with Crippen molar-refractivity contribution in [3.05, 3.63) is 11.9 Å². The van der Waals surface area contributed by atoms with Gasteiger partial charge in [-0.2, -0.15) is 0 Å². The highest BCUT2D eigenvalue weighted by atomic mass is 16.5. The van der Waals surface area contributed by atoms with Crippen molar-refractivity contribution in [2.75, 3.05) is 39.3 Å². The zero-order chi connectivity index (χ0) is 13.9.